The molecule has 5 heteroatoms. The van der Waals surface area contributed by atoms with Crippen LogP contribution >= 0.6 is 11.8 Å². The second-order valence-electron chi connectivity index (χ2n) is 4.46. The number of hydrogen-bond donors (Lipinski definition) is 1. The lowest BCUT2D eigenvalue weighted by Gasteiger charge is -2.11. The zero-order valence-corrected chi connectivity index (χ0v) is 12.0. The van der Waals surface area contributed by atoms with Crippen LogP contribution in [0, 0.1) is 13.8 Å². The van der Waals surface area contributed by atoms with Gasteiger partial charge in [-0.15, -0.1) is 0 Å². The predicted molar refractivity (Wildman–Crippen MR) is 77.9 cm³/mol. The third-order valence-electron chi connectivity index (χ3n) is 3.17. The summed E-state index contributed by atoms with van der Waals surface area (Å²) in [5.74, 6) is 0.215. The minimum Gasteiger partial charge on any atom is -0.322 e. The quantitative estimate of drug-likeness (QED) is 0.843. The largest absolute Gasteiger partial charge is 0.322 e. The summed E-state index contributed by atoms with van der Waals surface area (Å²) in [5, 5.41) is 3.53. The summed E-state index contributed by atoms with van der Waals surface area (Å²) >= 11 is 1.38. The first kappa shape index (κ1) is 13.7. The van der Waals surface area contributed by atoms with E-state index in [1.807, 2.05) is 32.0 Å². The van der Waals surface area contributed by atoms with Crippen molar-refractivity contribution in [3.05, 3.63) is 40.4 Å². The fourth-order valence-electron chi connectivity index (χ4n) is 1.76. The van der Waals surface area contributed by atoms with Crippen molar-refractivity contribution in [3.8, 4) is 0 Å². The smallest absolute Gasteiger partial charge is 0.251 e. The molecule has 0 radical (unpaired) electrons. The average Bonchev–Trinajstić information content (AvgIpc) is 2.67. The van der Waals surface area contributed by atoms with Gasteiger partial charge in [-0.05, 0) is 31.0 Å². The van der Waals surface area contributed by atoms with E-state index < -0.39 is 0 Å². The van der Waals surface area contributed by atoms with E-state index in [0.717, 1.165) is 16.8 Å². The van der Waals surface area contributed by atoms with Crippen LogP contribution in [-0.2, 0) is 9.59 Å². The van der Waals surface area contributed by atoms with E-state index >= 15 is 0 Å². The number of rotatable bonds is 2. The Morgan fingerprint density at radius 1 is 1.42 bits per heavy atom. The molecule has 0 unspecified atom stereocenters. The molecule has 2 rings (SSSR count). The summed E-state index contributed by atoms with van der Waals surface area (Å²) in [5.41, 5.74) is 2.99. The Hall–Kier alpha value is -1.75. The maximum atomic E-state index is 11.9. The van der Waals surface area contributed by atoms with Crippen molar-refractivity contribution in [3.63, 3.8) is 0 Å². The van der Waals surface area contributed by atoms with E-state index in [4.69, 9.17) is 0 Å². The van der Waals surface area contributed by atoms with Crippen molar-refractivity contribution in [2.24, 2.45) is 0 Å². The SMILES string of the molecule is Cc1cccc(NC(=O)C=C2SCC(=O)N2C)c1C. The van der Waals surface area contributed by atoms with Gasteiger partial charge in [-0.3, -0.25) is 9.59 Å². The molecule has 0 aromatic heterocycles. The number of amides is 2. The van der Waals surface area contributed by atoms with Gasteiger partial charge >= 0.3 is 0 Å². The van der Waals surface area contributed by atoms with Crippen LogP contribution in [0.5, 0.6) is 0 Å². The Labute approximate surface area is 116 Å². The van der Waals surface area contributed by atoms with Gasteiger partial charge in [0.25, 0.3) is 5.91 Å². The molecule has 1 aromatic rings. The molecule has 1 aliphatic rings. The van der Waals surface area contributed by atoms with Gasteiger partial charge in [-0.2, -0.15) is 0 Å². The molecule has 1 heterocycles. The number of carbonyl (C=O) groups excluding carboxylic acids is 2. The van der Waals surface area contributed by atoms with Crippen molar-refractivity contribution >= 4 is 29.3 Å². The lowest BCUT2D eigenvalue weighted by Crippen LogP contribution is -2.20. The standard InChI is InChI=1S/C14H16N2O2S/c1-9-5-4-6-11(10(9)2)15-12(17)7-14-16(3)13(18)8-19-14/h4-7H,8H2,1-3H3,(H,15,17). The molecular weight excluding hydrogens is 260 g/mol. The van der Waals surface area contributed by atoms with Crippen LogP contribution in [0.15, 0.2) is 29.3 Å². The molecule has 1 N–H and O–H groups in total. The Balaban J connectivity index is 2.12. The third-order valence-corrected chi connectivity index (χ3v) is 4.24. The average molecular weight is 276 g/mol. The van der Waals surface area contributed by atoms with E-state index in [1.165, 1.54) is 22.7 Å². The van der Waals surface area contributed by atoms with E-state index in [2.05, 4.69) is 5.32 Å². The maximum absolute atomic E-state index is 11.9. The molecule has 1 aliphatic heterocycles. The first-order chi connectivity index (χ1) is 8.99. The van der Waals surface area contributed by atoms with Crippen LogP contribution in [0.25, 0.3) is 0 Å². The summed E-state index contributed by atoms with van der Waals surface area (Å²) in [6.45, 7) is 3.97. The minimum absolute atomic E-state index is 0.0239. The van der Waals surface area contributed by atoms with E-state index in [1.54, 1.807) is 7.05 Å². The van der Waals surface area contributed by atoms with Crippen molar-refractivity contribution < 1.29 is 9.59 Å². The first-order valence-corrected chi connectivity index (χ1v) is 6.96. The molecule has 0 saturated carbocycles. The molecule has 0 aliphatic carbocycles. The maximum Gasteiger partial charge on any atom is 0.251 e. The monoisotopic (exact) mass is 276 g/mol. The third kappa shape index (κ3) is 2.98. The molecule has 100 valence electrons. The molecule has 19 heavy (non-hydrogen) atoms. The zero-order chi connectivity index (χ0) is 14.0. The van der Waals surface area contributed by atoms with Crippen molar-refractivity contribution in [2.75, 3.05) is 18.1 Å². The zero-order valence-electron chi connectivity index (χ0n) is 11.2. The lowest BCUT2D eigenvalue weighted by molar-refractivity contribution is -0.124. The summed E-state index contributed by atoms with van der Waals surface area (Å²) < 4.78 is 0. The predicted octanol–water partition coefficient (Wildman–Crippen LogP) is 2.29. The second-order valence-corrected chi connectivity index (χ2v) is 5.46. The lowest BCUT2D eigenvalue weighted by atomic mass is 10.1. The highest BCUT2D eigenvalue weighted by Gasteiger charge is 2.23. The Kier molecular flexibility index (Phi) is 3.95. The fraction of sp³-hybridized carbons (Fsp3) is 0.286. The van der Waals surface area contributed by atoms with E-state index in [-0.39, 0.29) is 11.8 Å². The Bertz CT molecular complexity index is 567. The van der Waals surface area contributed by atoms with Gasteiger partial charge in [0.1, 0.15) is 0 Å². The van der Waals surface area contributed by atoms with Gasteiger partial charge in [0.15, 0.2) is 0 Å². The number of thioether (sulfide) groups is 1. The van der Waals surface area contributed by atoms with Crippen LogP contribution < -0.4 is 5.32 Å². The molecule has 0 bridgehead atoms. The van der Waals surface area contributed by atoms with Crippen LogP contribution in [-0.4, -0.2) is 29.5 Å². The number of benzene rings is 1. The number of aryl methyl sites for hydroxylation is 1. The van der Waals surface area contributed by atoms with E-state index in [9.17, 15) is 9.59 Å². The number of carbonyl (C=O) groups is 2. The van der Waals surface area contributed by atoms with Crippen molar-refractivity contribution in [2.45, 2.75) is 13.8 Å². The minimum atomic E-state index is -0.210. The second kappa shape index (κ2) is 5.48. The molecule has 1 saturated heterocycles. The van der Waals surface area contributed by atoms with Crippen LogP contribution in [0.4, 0.5) is 5.69 Å². The number of nitrogens with one attached hydrogen (secondary N) is 1. The van der Waals surface area contributed by atoms with Gasteiger partial charge < -0.3 is 10.2 Å². The summed E-state index contributed by atoms with van der Waals surface area (Å²) in [7, 11) is 1.68. The summed E-state index contributed by atoms with van der Waals surface area (Å²) in [4.78, 5) is 24.8. The molecule has 1 aromatic carbocycles. The van der Waals surface area contributed by atoms with Crippen molar-refractivity contribution in [1.29, 1.82) is 0 Å². The molecule has 0 atom stereocenters. The van der Waals surface area contributed by atoms with Gasteiger partial charge in [0.2, 0.25) is 5.91 Å². The highest BCUT2D eigenvalue weighted by Crippen LogP contribution is 2.27. The number of nitrogens with zero attached hydrogens (tertiary/aromatic N) is 1. The van der Waals surface area contributed by atoms with Gasteiger partial charge in [-0.1, -0.05) is 23.9 Å². The van der Waals surface area contributed by atoms with Gasteiger partial charge in [-0.25, -0.2) is 0 Å². The molecular formula is C14H16N2O2S. The molecule has 1 fully saturated rings. The molecule has 2 amide bonds. The van der Waals surface area contributed by atoms with Crippen LogP contribution in [0.1, 0.15) is 11.1 Å². The number of hydrogen-bond acceptors (Lipinski definition) is 3. The van der Waals surface area contributed by atoms with Gasteiger partial charge in [0, 0.05) is 18.8 Å². The molecule has 0 spiro atoms. The fourth-order valence-corrected chi connectivity index (χ4v) is 2.71. The normalized spacial score (nSPS) is 17.1. The Morgan fingerprint density at radius 2 is 2.16 bits per heavy atom. The van der Waals surface area contributed by atoms with Gasteiger partial charge in [0.05, 0.1) is 10.8 Å². The van der Waals surface area contributed by atoms with E-state index in [0.29, 0.717) is 10.8 Å². The summed E-state index contributed by atoms with van der Waals surface area (Å²) in [6.07, 6.45) is 1.47. The highest BCUT2D eigenvalue weighted by atomic mass is 32.2. The topological polar surface area (TPSA) is 49.4 Å². The van der Waals surface area contributed by atoms with Crippen LogP contribution in [0.3, 0.4) is 0 Å². The van der Waals surface area contributed by atoms with Crippen molar-refractivity contribution in [1.82, 2.24) is 4.90 Å². The summed E-state index contributed by atoms with van der Waals surface area (Å²) in [6, 6.07) is 5.78. The first-order valence-electron chi connectivity index (χ1n) is 5.97. The molecule has 4 nitrogen and oxygen atoms in total. The number of anilines is 1. The van der Waals surface area contributed by atoms with Crippen LogP contribution in [0.2, 0.25) is 0 Å². The highest BCUT2D eigenvalue weighted by molar-refractivity contribution is 8.04. The Morgan fingerprint density at radius 3 is 2.79 bits per heavy atom.